The minimum absolute atomic E-state index is 0.179. The van der Waals surface area contributed by atoms with Gasteiger partial charge >= 0.3 is 0 Å². The van der Waals surface area contributed by atoms with Gasteiger partial charge in [-0.3, -0.25) is 16.2 Å². The van der Waals surface area contributed by atoms with Crippen molar-refractivity contribution < 1.29 is 4.74 Å². The Morgan fingerprint density at radius 2 is 2.05 bits per heavy atom. The molecule has 3 unspecified atom stereocenters. The maximum atomic E-state index is 6.12. The normalized spacial score (nSPS) is 33.6. The molecule has 0 aromatic heterocycles. The molecule has 0 amide bonds. The highest BCUT2D eigenvalue weighted by Gasteiger charge is 2.49. The van der Waals surface area contributed by atoms with Gasteiger partial charge in [0.25, 0.3) is 0 Å². The molecular formula is C17H33N3O. The number of nitrogens with two attached hydrogens (primary N) is 1. The lowest BCUT2D eigenvalue weighted by molar-refractivity contribution is -0.153. The van der Waals surface area contributed by atoms with E-state index in [0.717, 1.165) is 19.4 Å². The van der Waals surface area contributed by atoms with Gasteiger partial charge in [0.1, 0.15) is 0 Å². The van der Waals surface area contributed by atoms with Gasteiger partial charge in [0.2, 0.25) is 0 Å². The number of hydrogen-bond acceptors (Lipinski definition) is 4. The van der Waals surface area contributed by atoms with E-state index in [4.69, 9.17) is 10.6 Å². The predicted molar refractivity (Wildman–Crippen MR) is 85.9 cm³/mol. The summed E-state index contributed by atoms with van der Waals surface area (Å²) >= 11 is 0. The molecule has 0 aromatic carbocycles. The predicted octanol–water partition coefficient (Wildman–Crippen LogP) is 2.43. The van der Waals surface area contributed by atoms with Crippen molar-refractivity contribution >= 4 is 0 Å². The second-order valence-corrected chi connectivity index (χ2v) is 7.69. The SMILES string of the molecule is CCC(C)(C(NN)C1CCOC2(CCC2)C1)N1CCCC1. The molecule has 2 aliphatic heterocycles. The van der Waals surface area contributed by atoms with Crippen molar-refractivity contribution in [2.75, 3.05) is 19.7 Å². The Balaban J connectivity index is 1.75. The number of hydrazine groups is 1. The Hall–Kier alpha value is -0.160. The molecule has 1 saturated carbocycles. The molecule has 122 valence electrons. The van der Waals surface area contributed by atoms with Gasteiger partial charge < -0.3 is 4.74 Å². The van der Waals surface area contributed by atoms with Crippen LogP contribution < -0.4 is 11.3 Å². The molecule has 3 aliphatic rings. The fourth-order valence-electron chi connectivity index (χ4n) is 4.96. The number of nitrogens with zero attached hydrogens (tertiary/aromatic N) is 1. The average Bonchev–Trinajstić information content (AvgIpc) is 3.01. The lowest BCUT2D eigenvalue weighted by Gasteiger charge is -2.53. The van der Waals surface area contributed by atoms with E-state index in [9.17, 15) is 0 Å². The van der Waals surface area contributed by atoms with Gasteiger partial charge in [0.05, 0.1) is 5.60 Å². The molecule has 0 aromatic rings. The van der Waals surface area contributed by atoms with Gasteiger partial charge in [-0.2, -0.15) is 0 Å². The molecule has 21 heavy (non-hydrogen) atoms. The van der Waals surface area contributed by atoms with E-state index in [0.29, 0.717) is 12.0 Å². The summed E-state index contributed by atoms with van der Waals surface area (Å²) in [4.78, 5) is 2.68. The highest BCUT2D eigenvalue weighted by atomic mass is 16.5. The van der Waals surface area contributed by atoms with Crippen LogP contribution >= 0.6 is 0 Å². The minimum atomic E-state index is 0.179. The zero-order valence-corrected chi connectivity index (χ0v) is 13.9. The number of nitrogens with one attached hydrogen (secondary N) is 1. The van der Waals surface area contributed by atoms with Gasteiger partial charge in [0, 0.05) is 18.2 Å². The lowest BCUT2D eigenvalue weighted by atomic mass is 9.67. The first kappa shape index (κ1) is 15.7. The molecule has 2 heterocycles. The third-order valence-electron chi connectivity index (χ3n) is 6.66. The summed E-state index contributed by atoms with van der Waals surface area (Å²) in [6.07, 6.45) is 10.0. The van der Waals surface area contributed by atoms with Crippen molar-refractivity contribution in [1.82, 2.24) is 10.3 Å². The van der Waals surface area contributed by atoms with Crippen LogP contribution in [0.15, 0.2) is 0 Å². The molecule has 2 saturated heterocycles. The van der Waals surface area contributed by atoms with Gasteiger partial charge in [-0.25, -0.2) is 0 Å². The van der Waals surface area contributed by atoms with Crippen LogP contribution in [0.4, 0.5) is 0 Å². The summed E-state index contributed by atoms with van der Waals surface area (Å²) in [5.74, 6) is 6.71. The molecule has 0 radical (unpaired) electrons. The van der Waals surface area contributed by atoms with Crippen molar-refractivity contribution in [3.8, 4) is 0 Å². The molecule has 1 aliphatic carbocycles. The van der Waals surface area contributed by atoms with E-state index in [2.05, 4.69) is 24.2 Å². The molecule has 3 N–H and O–H groups in total. The quantitative estimate of drug-likeness (QED) is 0.604. The zero-order chi connectivity index (χ0) is 14.9. The summed E-state index contributed by atoms with van der Waals surface area (Å²) in [6, 6.07) is 0.377. The van der Waals surface area contributed by atoms with Crippen LogP contribution in [0, 0.1) is 5.92 Å². The largest absolute Gasteiger partial charge is 0.375 e. The van der Waals surface area contributed by atoms with Crippen molar-refractivity contribution in [1.29, 1.82) is 0 Å². The van der Waals surface area contributed by atoms with Crippen LogP contribution in [0.2, 0.25) is 0 Å². The molecule has 4 heteroatoms. The van der Waals surface area contributed by atoms with Gasteiger partial charge in [0.15, 0.2) is 0 Å². The smallest absolute Gasteiger partial charge is 0.0685 e. The Morgan fingerprint density at radius 3 is 2.57 bits per heavy atom. The number of rotatable bonds is 5. The molecule has 3 atom stereocenters. The fourth-order valence-corrected chi connectivity index (χ4v) is 4.96. The molecule has 0 bridgehead atoms. The van der Waals surface area contributed by atoms with Crippen molar-refractivity contribution in [3.05, 3.63) is 0 Å². The van der Waals surface area contributed by atoms with Crippen LogP contribution in [0.25, 0.3) is 0 Å². The first-order valence-corrected chi connectivity index (χ1v) is 8.99. The minimum Gasteiger partial charge on any atom is -0.375 e. The van der Waals surface area contributed by atoms with Crippen molar-refractivity contribution in [2.24, 2.45) is 11.8 Å². The van der Waals surface area contributed by atoms with E-state index in [1.54, 1.807) is 0 Å². The van der Waals surface area contributed by atoms with Crippen LogP contribution in [-0.4, -0.2) is 41.8 Å². The van der Waals surface area contributed by atoms with Gasteiger partial charge in [-0.15, -0.1) is 0 Å². The Bertz CT molecular complexity index is 352. The number of ether oxygens (including phenoxy) is 1. The van der Waals surface area contributed by atoms with E-state index in [1.807, 2.05) is 0 Å². The first-order chi connectivity index (χ1) is 10.1. The van der Waals surface area contributed by atoms with Gasteiger partial charge in [-0.05, 0) is 77.3 Å². The fraction of sp³-hybridized carbons (Fsp3) is 1.00. The topological polar surface area (TPSA) is 50.5 Å². The number of likely N-dealkylation sites (tertiary alicyclic amines) is 1. The van der Waals surface area contributed by atoms with E-state index < -0.39 is 0 Å². The summed E-state index contributed by atoms with van der Waals surface area (Å²) in [6.45, 7) is 8.13. The maximum Gasteiger partial charge on any atom is 0.0685 e. The summed E-state index contributed by atoms with van der Waals surface area (Å²) in [5, 5.41) is 0. The Kier molecular flexibility index (Phi) is 4.60. The molecule has 3 fully saturated rings. The molecule has 1 spiro atoms. The monoisotopic (exact) mass is 295 g/mol. The first-order valence-electron chi connectivity index (χ1n) is 8.99. The molecular weight excluding hydrogens is 262 g/mol. The van der Waals surface area contributed by atoms with E-state index in [1.165, 1.54) is 51.6 Å². The Morgan fingerprint density at radius 1 is 1.33 bits per heavy atom. The van der Waals surface area contributed by atoms with E-state index >= 15 is 0 Å². The lowest BCUT2D eigenvalue weighted by Crippen LogP contribution is -2.64. The summed E-state index contributed by atoms with van der Waals surface area (Å²) in [7, 11) is 0. The average molecular weight is 295 g/mol. The summed E-state index contributed by atoms with van der Waals surface area (Å²) < 4.78 is 6.12. The highest BCUT2D eigenvalue weighted by Crippen LogP contribution is 2.46. The van der Waals surface area contributed by atoms with Crippen LogP contribution in [0.5, 0.6) is 0 Å². The number of hydrogen-bond donors (Lipinski definition) is 2. The maximum absolute atomic E-state index is 6.12. The van der Waals surface area contributed by atoms with Crippen LogP contribution in [0.1, 0.15) is 65.2 Å². The van der Waals surface area contributed by atoms with Crippen LogP contribution in [0.3, 0.4) is 0 Å². The third-order valence-corrected chi connectivity index (χ3v) is 6.66. The molecule has 4 nitrogen and oxygen atoms in total. The van der Waals surface area contributed by atoms with Crippen LogP contribution in [-0.2, 0) is 4.74 Å². The highest BCUT2D eigenvalue weighted by molar-refractivity contribution is 5.04. The second kappa shape index (κ2) is 6.15. The van der Waals surface area contributed by atoms with Gasteiger partial charge in [-0.1, -0.05) is 6.92 Å². The van der Waals surface area contributed by atoms with Crippen molar-refractivity contribution in [2.45, 2.75) is 82.4 Å². The zero-order valence-electron chi connectivity index (χ0n) is 13.9. The van der Waals surface area contributed by atoms with E-state index in [-0.39, 0.29) is 11.1 Å². The molecule has 3 rings (SSSR count). The Labute approximate surface area is 129 Å². The standard InChI is InChI=1S/C17H33N3O/c1-3-16(2,20-10-4-5-11-20)15(19-18)14-7-12-21-17(13-14)8-6-9-17/h14-15,19H,3-13,18H2,1-2H3. The third kappa shape index (κ3) is 2.76. The second-order valence-electron chi connectivity index (χ2n) is 7.69. The van der Waals surface area contributed by atoms with Crippen molar-refractivity contribution in [3.63, 3.8) is 0 Å². The summed E-state index contributed by atoms with van der Waals surface area (Å²) in [5.41, 5.74) is 3.61.